The second-order valence-corrected chi connectivity index (χ2v) is 4.20. The zero-order valence-electron chi connectivity index (χ0n) is 10.3. The summed E-state index contributed by atoms with van der Waals surface area (Å²) in [6, 6.07) is 12.2. The standard InChI is InChI=1S/C14H13F3N2/c1-19(13-7-3-5-11(18)9-13)12-6-2-4-10(8-12)14(15,16)17/h2-9H,18H2,1H3. The molecule has 0 aliphatic carbocycles. The normalized spacial score (nSPS) is 11.4. The highest BCUT2D eigenvalue weighted by Gasteiger charge is 2.30. The maximum Gasteiger partial charge on any atom is 0.416 e. The van der Waals surface area contributed by atoms with Crippen LogP contribution in [0.2, 0.25) is 0 Å². The van der Waals surface area contributed by atoms with Gasteiger partial charge in [0.15, 0.2) is 0 Å². The van der Waals surface area contributed by atoms with E-state index in [-0.39, 0.29) is 0 Å². The maximum atomic E-state index is 12.7. The predicted octanol–water partition coefficient (Wildman–Crippen LogP) is 4.06. The fourth-order valence-corrected chi connectivity index (χ4v) is 1.77. The van der Waals surface area contributed by atoms with Gasteiger partial charge >= 0.3 is 6.18 Å². The number of nitrogen functional groups attached to an aromatic ring is 1. The summed E-state index contributed by atoms with van der Waals surface area (Å²) in [5, 5.41) is 0. The zero-order chi connectivity index (χ0) is 14.0. The summed E-state index contributed by atoms with van der Waals surface area (Å²) in [5.74, 6) is 0. The Morgan fingerprint density at radius 1 is 0.947 bits per heavy atom. The van der Waals surface area contributed by atoms with Crippen LogP contribution >= 0.6 is 0 Å². The highest BCUT2D eigenvalue weighted by Crippen LogP contribution is 2.33. The molecular formula is C14H13F3N2. The van der Waals surface area contributed by atoms with E-state index in [9.17, 15) is 13.2 Å². The van der Waals surface area contributed by atoms with Crippen molar-refractivity contribution >= 4 is 17.1 Å². The summed E-state index contributed by atoms with van der Waals surface area (Å²) < 4.78 is 38.0. The van der Waals surface area contributed by atoms with Crippen LogP contribution in [0.3, 0.4) is 0 Å². The summed E-state index contributed by atoms with van der Waals surface area (Å²) in [6.45, 7) is 0. The zero-order valence-corrected chi connectivity index (χ0v) is 10.3. The van der Waals surface area contributed by atoms with Crippen molar-refractivity contribution in [2.45, 2.75) is 6.18 Å². The minimum Gasteiger partial charge on any atom is -0.399 e. The van der Waals surface area contributed by atoms with Gasteiger partial charge < -0.3 is 10.6 Å². The molecule has 0 spiro atoms. The summed E-state index contributed by atoms with van der Waals surface area (Å²) in [6.07, 6.45) is -4.34. The van der Waals surface area contributed by atoms with Gasteiger partial charge in [-0.2, -0.15) is 13.2 Å². The third-order valence-electron chi connectivity index (χ3n) is 2.82. The lowest BCUT2D eigenvalue weighted by Gasteiger charge is -2.21. The molecule has 0 heterocycles. The van der Waals surface area contributed by atoms with E-state index < -0.39 is 11.7 Å². The Morgan fingerprint density at radius 3 is 2.11 bits per heavy atom. The van der Waals surface area contributed by atoms with E-state index in [0.717, 1.165) is 17.8 Å². The van der Waals surface area contributed by atoms with Crippen LogP contribution in [0.15, 0.2) is 48.5 Å². The molecule has 0 bridgehead atoms. The Labute approximate surface area is 109 Å². The van der Waals surface area contributed by atoms with Crippen molar-refractivity contribution in [3.8, 4) is 0 Å². The minimum absolute atomic E-state index is 0.459. The predicted molar refractivity (Wildman–Crippen MR) is 70.4 cm³/mol. The molecule has 2 nitrogen and oxygen atoms in total. The lowest BCUT2D eigenvalue weighted by atomic mass is 10.1. The molecule has 0 radical (unpaired) electrons. The largest absolute Gasteiger partial charge is 0.416 e. The Hall–Kier alpha value is -2.17. The SMILES string of the molecule is CN(c1cccc(N)c1)c1cccc(C(F)(F)F)c1. The molecule has 0 aromatic heterocycles. The van der Waals surface area contributed by atoms with Crippen molar-refractivity contribution in [3.05, 3.63) is 54.1 Å². The van der Waals surface area contributed by atoms with Gasteiger partial charge in [0, 0.05) is 24.1 Å². The van der Waals surface area contributed by atoms with Crippen molar-refractivity contribution in [3.63, 3.8) is 0 Å². The van der Waals surface area contributed by atoms with Gasteiger partial charge in [-0.1, -0.05) is 12.1 Å². The van der Waals surface area contributed by atoms with Gasteiger partial charge in [-0.15, -0.1) is 0 Å². The first kappa shape index (κ1) is 13.3. The fourth-order valence-electron chi connectivity index (χ4n) is 1.77. The van der Waals surface area contributed by atoms with Crippen LogP contribution in [0.25, 0.3) is 0 Å². The number of benzene rings is 2. The molecule has 2 aromatic rings. The molecular weight excluding hydrogens is 253 g/mol. The van der Waals surface area contributed by atoms with Crippen molar-refractivity contribution in [2.75, 3.05) is 17.7 Å². The molecule has 0 fully saturated rings. The summed E-state index contributed by atoms with van der Waals surface area (Å²) >= 11 is 0. The second-order valence-electron chi connectivity index (χ2n) is 4.20. The summed E-state index contributed by atoms with van der Waals surface area (Å²) in [7, 11) is 1.70. The summed E-state index contributed by atoms with van der Waals surface area (Å²) in [5.41, 5.74) is 6.76. The number of nitrogens with zero attached hydrogens (tertiary/aromatic N) is 1. The molecule has 0 saturated carbocycles. The maximum absolute atomic E-state index is 12.7. The Kier molecular flexibility index (Phi) is 3.38. The van der Waals surface area contributed by atoms with Crippen molar-refractivity contribution in [1.29, 1.82) is 0 Å². The Balaban J connectivity index is 2.37. The first-order valence-electron chi connectivity index (χ1n) is 5.64. The lowest BCUT2D eigenvalue weighted by molar-refractivity contribution is -0.137. The van der Waals surface area contributed by atoms with Gasteiger partial charge in [0.2, 0.25) is 0 Å². The van der Waals surface area contributed by atoms with Crippen molar-refractivity contribution in [2.24, 2.45) is 0 Å². The molecule has 0 aliphatic heterocycles. The second kappa shape index (κ2) is 4.84. The average molecular weight is 266 g/mol. The van der Waals surface area contributed by atoms with E-state index >= 15 is 0 Å². The first-order chi connectivity index (χ1) is 8.88. The van der Waals surface area contributed by atoms with Crippen molar-refractivity contribution < 1.29 is 13.2 Å². The van der Waals surface area contributed by atoms with E-state index in [4.69, 9.17) is 5.73 Å². The Morgan fingerprint density at radius 2 is 1.53 bits per heavy atom. The molecule has 0 aliphatic rings. The molecule has 5 heteroatoms. The van der Waals surface area contributed by atoms with E-state index in [1.165, 1.54) is 6.07 Å². The van der Waals surface area contributed by atoms with Crippen LogP contribution < -0.4 is 10.6 Å². The van der Waals surface area contributed by atoms with Gasteiger partial charge in [0.1, 0.15) is 0 Å². The number of hydrogen-bond donors (Lipinski definition) is 1. The number of rotatable bonds is 2. The molecule has 2 N–H and O–H groups in total. The highest BCUT2D eigenvalue weighted by atomic mass is 19.4. The average Bonchev–Trinajstić information content (AvgIpc) is 2.37. The third kappa shape index (κ3) is 2.99. The van der Waals surface area contributed by atoms with Gasteiger partial charge in [0.05, 0.1) is 5.56 Å². The molecule has 0 unspecified atom stereocenters. The van der Waals surface area contributed by atoms with Gasteiger partial charge in [-0.3, -0.25) is 0 Å². The van der Waals surface area contributed by atoms with Gasteiger partial charge in [0.25, 0.3) is 0 Å². The highest BCUT2D eigenvalue weighted by molar-refractivity contribution is 5.66. The van der Waals surface area contributed by atoms with E-state index in [2.05, 4.69) is 0 Å². The van der Waals surface area contributed by atoms with E-state index in [0.29, 0.717) is 11.4 Å². The smallest absolute Gasteiger partial charge is 0.399 e. The van der Waals surface area contributed by atoms with Crippen LogP contribution in [-0.2, 0) is 6.18 Å². The number of nitrogens with two attached hydrogens (primary N) is 1. The minimum atomic E-state index is -4.34. The van der Waals surface area contributed by atoms with Crippen LogP contribution in [0.4, 0.5) is 30.2 Å². The quantitative estimate of drug-likeness (QED) is 0.831. The topological polar surface area (TPSA) is 29.3 Å². The summed E-state index contributed by atoms with van der Waals surface area (Å²) in [4.78, 5) is 1.66. The monoisotopic (exact) mass is 266 g/mol. The van der Waals surface area contributed by atoms with Crippen LogP contribution in [0, 0.1) is 0 Å². The molecule has 100 valence electrons. The van der Waals surface area contributed by atoms with Crippen molar-refractivity contribution in [1.82, 2.24) is 0 Å². The van der Waals surface area contributed by atoms with E-state index in [1.54, 1.807) is 42.3 Å². The molecule has 0 atom stereocenters. The Bertz CT molecular complexity index is 579. The van der Waals surface area contributed by atoms with Crippen LogP contribution in [-0.4, -0.2) is 7.05 Å². The first-order valence-corrected chi connectivity index (χ1v) is 5.64. The molecule has 2 rings (SSSR count). The lowest BCUT2D eigenvalue weighted by Crippen LogP contribution is -2.12. The fraction of sp³-hybridized carbons (Fsp3) is 0.143. The van der Waals surface area contributed by atoms with Crippen LogP contribution in [0.1, 0.15) is 5.56 Å². The number of hydrogen-bond acceptors (Lipinski definition) is 2. The molecule has 0 saturated heterocycles. The number of anilines is 3. The molecule has 2 aromatic carbocycles. The van der Waals surface area contributed by atoms with E-state index in [1.807, 2.05) is 0 Å². The van der Waals surface area contributed by atoms with Crippen LogP contribution in [0.5, 0.6) is 0 Å². The number of halogens is 3. The molecule has 0 amide bonds. The van der Waals surface area contributed by atoms with Gasteiger partial charge in [-0.25, -0.2) is 0 Å². The molecule has 19 heavy (non-hydrogen) atoms. The third-order valence-corrected chi connectivity index (χ3v) is 2.82. The van der Waals surface area contributed by atoms with Gasteiger partial charge in [-0.05, 0) is 36.4 Å². The number of alkyl halides is 3.